The van der Waals surface area contributed by atoms with Crippen LogP contribution in [0.5, 0.6) is 0 Å². The first-order valence-electron chi connectivity index (χ1n) is 10.7. The van der Waals surface area contributed by atoms with Gasteiger partial charge in [-0.1, -0.05) is 42.2 Å². The maximum Gasteiger partial charge on any atom is 0.267 e. The highest BCUT2D eigenvalue weighted by molar-refractivity contribution is 8.26. The minimum absolute atomic E-state index is 0.214. The normalized spacial score (nSPS) is 17.7. The van der Waals surface area contributed by atoms with Crippen LogP contribution in [0.1, 0.15) is 29.5 Å². The Balaban J connectivity index is 1.57. The van der Waals surface area contributed by atoms with Crippen molar-refractivity contribution in [2.75, 3.05) is 18.0 Å². The first-order valence-corrected chi connectivity index (χ1v) is 11.9. The van der Waals surface area contributed by atoms with Gasteiger partial charge in [0.25, 0.3) is 11.5 Å². The van der Waals surface area contributed by atoms with Gasteiger partial charge in [-0.05, 0) is 55.2 Å². The predicted octanol–water partition coefficient (Wildman–Crippen LogP) is 4.14. The smallest absolute Gasteiger partial charge is 0.267 e. The molecule has 0 unspecified atom stereocenters. The molecule has 6 nitrogen and oxygen atoms in total. The fraction of sp³-hybridized carbons (Fsp3) is 0.250. The summed E-state index contributed by atoms with van der Waals surface area (Å²) in [6.45, 7) is 3.81. The molecule has 0 spiro atoms. The molecule has 1 amide bonds. The lowest BCUT2D eigenvalue weighted by Gasteiger charge is -2.20. The highest BCUT2D eigenvalue weighted by Gasteiger charge is 2.33. The molecule has 0 saturated carbocycles. The van der Waals surface area contributed by atoms with Crippen LogP contribution < -0.4 is 10.5 Å². The first kappa shape index (κ1) is 21.8. The Morgan fingerprint density at radius 2 is 1.88 bits per heavy atom. The molecule has 9 heteroatoms. The minimum Gasteiger partial charge on any atom is -0.356 e. The molecule has 168 valence electrons. The van der Waals surface area contributed by atoms with Crippen molar-refractivity contribution in [3.63, 3.8) is 0 Å². The molecule has 3 aromatic rings. The average Bonchev–Trinajstić information content (AvgIpc) is 3.42. The summed E-state index contributed by atoms with van der Waals surface area (Å²) < 4.78 is 15.2. The van der Waals surface area contributed by atoms with Crippen molar-refractivity contribution in [1.82, 2.24) is 14.3 Å². The number of carbonyl (C=O) groups is 1. The fourth-order valence-electron chi connectivity index (χ4n) is 4.14. The highest BCUT2D eigenvalue weighted by atomic mass is 32.2. The van der Waals surface area contributed by atoms with Crippen LogP contribution in [0.4, 0.5) is 10.2 Å². The molecule has 5 rings (SSSR count). The summed E-state index contributed by atoms with van der Waals surface area (Å²) in [5.74, 6) is 0.00373. The van der Waals surface area contributed by atoms with Gasteiger partial charge in [-0.15, -0.1) is 0 Å². The Kier molecular flexibility index (Phi) is 5.76. The van der Waals surface area contributed by atoms with E-state index in [1.54, 1.807) is 24.4 Å². The second-order valence-electron chi connectivity index (χ2n) is 8.13. The molecule has 33 heavy (non-hydrogen) atoms. The molecule has 0 aliphatic carbocycles. The molecule has 2 aromatic heterocycles. The number of carbonyl (C=O) groups excluding carboxylic acids is 1. The molecule has 4 heterocycles. The Bertz CT molecular complexity index is 1360. The summed E-state index contributed by atoms with van der Waals surface area (Å²) >= 11 is 6.61. The van der Waals surface area contributed by atoms with E-state index in [1.807, 2.05) is 19.1 Å². The number of thiocarbonyl (C=S) groups is 1. The molecule has 0 atom stereocenters. The van der Waals surface area contributed by atoms with Gasteiger partial charge >= 0.3 is 0 Å². The van der Waals surface area contributed by atoms with Gasteiger partial charge in [0.05, 0.1) is 17.0 Å². The van der Waals surface area contributed by atoms with Crippen LogP contribution in [-0.2, 0) is 11.3 Å². The van der Waals surface area contributed by atoms with Crippen LogP contribution in [-0.4, -0.2) is 37.6 Å². The SMILES string of the molecule is Cc1cccn2c(=O)c(/C=C3/SC(=S)N(Cc4ccc(F)cc4)C3=O)c(N3CCCC3)nc12. The van der Waals surface area contributed by atoms with E-state index in [0.717, 1.165) is 37.1 Å². The van der Waals surface area contributed by atoms with E-state index in [2.05, 4.69) is 4.90 Å². The zero-order valence-electron chi connectivity index (χ0n) is 18.0. The molecule has 2 aliphatic rings. The largest absolute Gasteiger partial charge is 0.356 e. The average molecular weight is 481 g/mol. The third-order valence-corrected chi connectivity index (χ3v) is 7.25. The third kappa shape index (κ3) is 4.06. The maximum absolute atomic E-state index is 13.5. The summed E-state index contributed by atoms with van der Waals surface area (Å²) in [7, 11) is 0. The summed E-state index contributed by atoms with van der Waals surface area (Å²) in [6.07, 6.45) is 5.40. The number of benzene rings is 1. The standard InChI is InChI=1S/C24H21FN4O2S2/c1-15-5-4-12-28-20(15)26-21(27-10-2-3-11-27)18(22(28)30)13-19-23(31)29(24(32)33-19)14-16-6-8-17(25)9-7-16/h4-9,12-13H,2-3,10-11,14H2,1H3/b19-13+. The lowest BCUT2D eigenvalue weighted by Crippen LogP contribution is -2.28. The fourth-order valence-corrected chi connectivity index (χ4v) is 5.37. The van der Waals surface area contributed by atoms with E-state index in [4.69, 9.17) is 17.2 Å². The van der Waals surface area contributed by atoms with Gasteiger partial charge in [0.1, 0.15) is 21.6 Å². The number of thioether (sulfide) groups is 1. The molecule has 0 N–H and O–H groups in total. The number of rotatable bonds is 4. The van der Waals surface area contributed by atoms with E-state index in [1.165, 1.54) is 33.2 Å². The Morgan fingerprint density at radius 1 is 1.15 bits per heavy atom. The molecule has 0 radical (unpaired) electrons. The van der Waals surface area contributed by atoms with Crippen LogP contribution >= 0.6 is 24.0 Å². The van der Waals surface area contributed by atoms with Crippen molar-refractivity contribution < 1.29 is 9.18 Å². The van der Waals surface area contributed by atoms with E-state index in [9.17, 15) is 14.0 Å². The third-order valence-electron chi connectivity index (χ3n) is 5.87. The van der Waals surface area contributed by atoms with E-state index >= 15 is 0 Å². The molecular weight excluding hydrogens is 459 g/mol. The zero-order valence-corrected chi connectivity index (χ0v) is 19.6. The number of anilines is 1. The molecule has 2 saturated heterocycles. The van der Waals surface area contributed by atoms with Crippen molar-refractivity contribution in [3.8, 4) is 0 Å². The summed E-state index contributed by atoms with van der Waals surface area (Å²) in [5, 5.41) is 0. The van der Waals surface area contributed by atoms with Crippen LogP contribution in [0.25, 0.3) is 11.7 Å². The molecule has 0 bridgehead atoms. The predicted molar refractivity (Wildman–Crippen MR) is 133 cm³/mol. The van der Waals surface area contributed by atoms with Crippen LogP contribution in [0.3, 0.4) is 0 Å². The quantitative estimate of drug-likeness (QED) is 0.413. The second kappa shape index (κ2) is 8.72. The van der Waals surface area contributed by atoms with Crippen molar-refractivity contribution in [2.45, 2.75) is 26.3 Å². The van der Waals surface area contributed by atoms with Crippen molar-refractivity contribution in [1.29, 1.82) is 0 Å². The lowest BCUT2D eigenvalue weighted by molar-refractivity contribution is -0.122. The Morgan fingerprint density at radius 3 is 2.61 bits per heavy atom. The number of amides is 1. The van der Waals surface area contributed by atoms with Gasteiger partial charge in [-0.3, -0.25) is 18.9 Å². The number of halogens is 1. The van der Waals surface area contributed by atoms with Gasteiger partial charge in [0, 0.05) is 19.3 Å². The van der Waals surface area contributed by atoms with Crippen LogP contribution in [0.15, 0.2) is 52.3 Å². The lowest BCUT2D eigenvalue weighted by atomic mass is 10.2. The number of aryl methyl sites for hydroxylation is 1. The first-order chi connectivity index (χ1) is 15.9. The van der Waals surface area contributed by atoms with Crippen molar-refractivity contribution >= 4 is 51.7 Å². The van der Waals surface area contributed by atoms with Crippen molar-refractivity contribution in [3.05, 3.63) is 80.4 Å². The molecule has 1 aromatic carbocycles. The van der Waals surface area contributed by atoms with E-state index < -0.39 is 0 Å². The number of nitrogens with zero attached hydrogens (tertiary/aromatic N) is 4. The summed E-state index contributed by atoms with van der Waals surface area (Å²) in [6, 6.07) is 9.71. The summed E-state index contributed by atoms with van der Waals surface area (Å²) in [4.78, 5) is 35.5. The number of hydrogen-bond acceptors (Lipinski definition) is 6. The van der Waals surface area contributed by atoms with Gasteiger partial charge < -0.3 is 4.90 Å². The van der Waals surface area contributed by atoms with Crippen LogP contribution in [0, 0.1) is 12.7 Å². The number of fused-ring (bicyclic) bond motifs is 1. The van der Waals surface area contributed by atoms with Crippen LogP contribution in [0.2, 0.25) is 0 Å². The molecule has 2 aliphatic heterocycles. The second-order valence-corrected chi connectivity index (χ2v) is 9.80. The van der Waals surface area contributed by atoms with Gasteiger partial charge in [0.2, 0.25) is 0 Å². The number of aromatic nitrogens is 2. The van der Waals surface area contributed by atoms with Crippen molar-refractivity contribution in [2.24, 2.45) is 0 Å². The Hall–Kier alpha value is -3.04. The van der Waals surface area contributed by atoms with E-state index in [0.29, 0.717) is 26.3 Å². The number of pyridine rings is 1. The van der Waals surface area contributed by atoms with Gasteiger partial charge in [-0.25, -0.2) is 9.37 Å². The van der Waals surface area contributed by atoms with Gasteiger partial charge in [0.15, 0.2) is 0 Å². The van der Waals surface area contributed by atoms with E-state index in [-0.39, 0.29) is 23.8 Å². The Labute approximate surface area is 199 Å². The monoisotopic (exact) mass is 480 g/mol. The molecule has 2 fully saturated rings. The summed E-state index contributed by atoms with van der Waals surface area (Å²) in [5.41, 5.74) is 2.48. The highest BCUT2D eigenvalue weighted by Crippen LogP contribution is 2.35. The minimum atomic E-state index is -0.335. The maximum atomic E-state index is 13.5. The topological polar surface area (TPSA) is 57.9 Å². The number of hydrogen-bond donors (Lipinski definition) is 0. The van der Waals surface area contributed by atoms with Gasteiger partial charge in [-0.2, -0.15) is 0 Å². The molecular formula is C24H21FN4O2S2. The zero-order chi connectivity index (χ0) is 23.1.